The van der Waals surface area contributed by atoms with Gasteiger partial charge in [-0.1, -0.05) is 0 Å². The molecular weight excluding hydrogens is 220 g/mol. The van der Waals surface area contributed by atoms with Crippen LogP contribution in [0.4, 0.5) is 0 Å². The van der Waals surface area contributed by atoms with Gasteiger partial charge in [0.2, 0.25) is 5.91 Å². The van der Waals surface area contributed by atoms with E-state index in [4.69, 9.17) is 5.84 Å². The van der Waals surface area contributed by atoms with Crippen LogP contribution in [-0.4, -0.2) is 38.7 Å². The first-order chi connectivity index (χ1) is 8.29. The average Bonchev–Trinajstić information content (AvgIpc) is 2.81. The molecule has 0 spiro atoms. The third-order valence-electron chi connectivity index (χ3n) is 3.01. The molecule has 1 aromatic rings. The fourth-order valence-electron chi connectivity index (χ4n) is 2.00. The lowest BCUT2D eigenvalue weighted by molar-refractivity contribution is -0.121. The maximum Gasteiger partial charge on any atom is 0.233 e. The number of hydrazine groups is 1. The van der Waals surface area contributed by atoms with Gasteiger partial charge in [-0.25, -0.2) is 5.84 Å². The van der Waals surface area contributed by atoms with E-state index < -0.39 is 0 Å². The van der Waals surface area contributed by atoms with Gasteiger partial charge < -0.3 is 4.57 Å². The van der Waals surface area contributed by atoms with E-state index in [0.717, 1.165) is 44.8 Å². The van der Waals surface area contributed by atoms with E-state index in [9.17, 15) is 4.79 Å². The number of nitrogens with two attached hydrogens (primary N) is 1. The molecule has 0 saturated heterocycles. The van der Waals surface area contributed by atoms with Gasteiger partial charge in [0.1, 0.15) is 12.2 Å². The van der Waals surface area contributed by atoms with Gasteiger partial charge in [0, 0.05) is 19.5 Å². The first-order valence-corrected chi connectivity index (χ1v) is 5.88. The molecule has 7 nitrogen and oxygen atoms in total. The summed E-state index contributed by atoms with van der Waals surface area (Å²) in [4.78, 5) is 13.3. The summed E-state index contributed by atoms with van der Waals surface area (Å²) in [5.74, 6) is 5.94. The predicted octanol–water partition coefficient (Wildman–Crippen LogP) is -0.746. The number of unbranched alkanes of at least 4 members (excludes halogenated alkanes) is 1. The van der Waals surface area contributed by atoms with Crippen molar-refractivity contribution in [1.29, 1.82) is 0 Å². The molecule has 0 unspecified atom stereocenters. The zero-order chi connectivity index (χ0) is 12.1. The topological polar surface area (TPSA) is 89.1 Å². The second-order valence-corrected chi connectivity index (χ2v) is 4.24. The summed E-state index contributed by atoms with van der Waals surface area (Å²) in [6, 6.07) is 0. The maximum atomic E-state index is 10.9. The van der Waals surface area contributed by atoms with Gasteiger partial charge in [0.15, 0.2) is 0 Å². The molecule has 17 heavy (non-hydrogen) atoms. The van der Waals surface area contributed by atoms with Gasteiger partial charge in [-0.2, -0.15) is 0 Å². The lowest BCUT2D eigenvalue weighted by Crippen LogP contribution is -2.34. The van der Waals surface area contributed by atoms with E-state index in [0.29, 0.717) is 6.42 Å². The van der Waals surface area contributed by atoms with Crippen molar-refractivity contribution < 1.29 is 4.79 Å². The van der Waals surface area contributed by atoms with E-state index in [1.807, 2.05) is 0 Å². The van der Waals surface area contributed by atoms with Crippen molar-refractivity contribution in [3.8, 4) is 0 Å². The summed E-state index contributed by atoms with van der Waals surface area (Å²) in [5, 5.41) is 7.96. The van der Waals surface area contributed by atoms with E-state index >= 15 is 0 Å². The van der Waals surface area contributed by atoms with Crippen LogP contribution in [0.2, 0.25) is 0 Å². The molecule has 1 aliphatic rings. The van der Waals surface area contributed by atoms with Gasteiger partial charge in [-0.05, 0) is 19.4 Å². The van der Waals surface area contributed by atoms with Crippen LogP contribution in [-0.2, 0) is 17.9 Å². The van der Waals surface area contributed by atoms with Crippen molar-refractivity contribution in [2.45, 2.75) is 32.4 Å². The Morgan fingerprint density at radius 3 is 3.18 bits per heavy atom. The molecule has 0 aromatic carbocycles. The number of rotatable bonds is 5. The summed E-state index contributed by atoms with van der Waals surface area (Å²) >= 11 is 0. The average molecular weight is 238 g/mol. The van der Waals surface area contributed by atoms with Gasteiger partial charge in [0.05, 0.1) is 6.54 Å². The summed E-state index contributed by atoms with van der Waals surface area (Å²) in [6.07, 6.45) is 4.15. The Bertz CT molecular complexity index is 377. The molecule has 1 aliphatic heterocycles. The second-order valence-electron chi connectivity index (χ2n) is 4.24. The monoisotopic (exact) mass is 238 g/mol. The minimum absolute atomic E-state index is 0.0941. The molecule has 0 radical (unpaired) electrons. The number of nitrogens with one attached hydrogen (secondary N) is 1. The summed E-state index contributed by atoms with van der Waals surface area (Å²) in [5.41, 5.74) is 2.14. The smallest absolute Gasteiger partial charge is 0.233 e. The second kappa shape index (κ2) is 5.74. The van der Waals surface area contributed by atoms with Crippen molar-refractivity contribution in [2.75, 3.05) is 13.1 Å². The molecule has 0 fully saturated rings. The van der Waals surface area contributed by atoms with Gasteiger partial charge in [0.25, 0.3) is 0 Å². The molecule has 0 bridgehead atoms. The first kappa shape index (κ1) is 12.0. The first-order valence-electron chi connectivity index (χ1n) is 5.88. The van der Waals surface area contributed by atoms with Gasteiger partial charge >= 0.3 is 0 Å². The Hall–Kier alpha value is -1.47. The molecule has 2 rings (SSSR count). The van der Waals surface area contributed by atoms with E-state index in [1.54, 1.807) is 6.33 Å². The van der Waals surface area contributed by atoms with Crippen LogP contribution in [0.5, 0.6) is 0 Å². The fourth-order valence-corrected chi connectivity index (χ4v) is 2.00. The van der Waals surface area contributed by atoms with Gasteiger partial charge in [-0.15, -0.1) is 10.2 Å². The lowest BCUT2D eigenvalue weighted by Gasteiger charge is -2.26. The highest BCUT2D eigenvalue weighted by Crippen LogP contribution is 2.10. The fraction of sp³-hybridized carbons (Fsp3) is 0.700. The van der Waals surface area contributed by atoms with Crippen molar-refractivity contribution in [3.63, 3.8) is 0 Å². The Labute approximate surface area is 100.0 Å². The molecule has 94 valence electrons. The van der Waals surface area contributed by atoms with Crippen LogP contribution in [0, 0.1) is 0 Å². The highest BCUT2D eigenvalue weighted by molar-refractivity contribution is 5.75. The highest BCUT2D eigenvalue weighted by atomic mass is 16.2. The van der Waals surface area contributed by atoms with Crippen LogP contribution < -0.4 is 11.3 Å². The minimum Gasteiger partial charge on any atom is -0.315 e. The van der Waals surface area contributed by atoms with E-state index in [2.05, 4.69) is 25.1 Å². The lowest BCUT2D eigenvalue weighted by atomic mass is 10.2. The van der Waals surface area contributed by atoms with E-state index in [-0.39, 0.29) is 5.91 Å². The Balaban J connectivity index is 1.67. The largest absolute Gasteiger partial charge is 0.315 e. The predicted molar refractivity (Wildman–Crippen MR) is 61.5 cm³/mol. The van der Waals surface area contributed by atoms with Crippen LogP contribution in [0.1, 0.15) is 25.1 Å². The quantitative estimate of drug-likeness (QED) is 0.305. The summed E-state index contributed by atoms with van der Waals surface area (Å²) in [7, 11) is 0. The molecule has 0 aliphatic carbocycles. The normalized spacial score (nSPS) is 15.6. The standard InChI is InChI=1S/C10H18N6O/c11-13-10(17)3-1-2-4-15-5-6-16-8-12-14-9(16)7-15/h8H,1-7,11H2,(H,13,17). The number of nitrogens with zero attached hydrogens (tertiary/aromatic N) is 4. The molecular formula is C10H18N6O. The summed E-state index contributed by atoms with van der Waals surface area (Å²) in [6.45, 7) is 3.81. The van der Waals surface area contributed by atoms with Crippen LogP contribution in [0.3, 0.4) is 0 Å². The molecule has 1 amide bonds. The third kappa shape index (κ3) is 3.24. The van der Waals surface area contributed by atoms with Crippen molar-refractivity contribution in [1.82, 2.24) is 25.1 Å². The number of hydrogen-bond donors (Lipinski definition) is 2. The molecule has 3 N–H and O–H groups in total. The highest BCUT2D eigenvalue weighted by Gasteiger charge is 2.16. The summed E-state index contributed by atoms with van der Waals surface area (Å²) < 4.78 is 2.08. The number of carbonyl (C=O) groups excluding carboxylic acids is 1. The Morgan fingerprint density at radius 1 is 1.47 bits per heavy atom. The molecule has 2 heterocycles. The third-order valence-corrected chi connectivity index (χ3v) is 3.01. The zero-order valence-electron chi connectivity index (χ0n) is 9.80. The van der Waals surface area contributed by atoms with Crippen molar-refractivity contribution >= 4 is 5.91 Å². The van der Waals surface area contributed by atoms with E-state index in [1.165, 1.54) is 0 Å². The van der Waals surface area contributed by atoms with Gasteiger partial charge in [-0.3, -0.25) is 15.1 Å². The van der Waals surface area contributed by atoms with Crippen molar-refractivity contribution in [2.24, 2.45) is 5.84 Å². The zero-order valence-corrected chi connectivity index (χ0v) is 9.80. The molecule has 7 heteroatoms. The Morgan fingerprint density at radius 2 is 2.35 bits per heavy atom. The Kier molecular flexibility index (Phi) is 4.05. The number of fused-ring (bicyclic) bond motifs is 1. The minimum atomic E-state index is -0.0941. The van der Waals surface area contributed by atoms with Crippen LogP contribution >= 0.6 is 0 Å². The van der Waals surface area contributed by atoms with Crippen LogP contribution in [0.15, 0.2) is 6.33 Å². The van der Waals surface area contributed by atoms with Crippen molar-refractivity contribution in [3.05, 3.63) is 12.2 Å². The number of amides is 1. The number of hydrogen-bond acceptors (Lipinski definition) is 5. The SMILES string of the molecule is NNC(=O)CCCCN1CCn2cnnc2C1. The number of aromatic nitrogens is 3. The number of carbonyl (C=O) groups is 1. The molecule has 1 aromatic heterocycles. The van der Waals surface area contributed by atoms with Crippen LogP contribution in [0.25, 0.3) is 0 Å². The molecule has 0 saturated carbocycles. The molecule has 0 atom stereocenters. The maximum absolute atomic E-state index is 10.9.